The van der Waals surface area contributed by atoms with Crippen LogP contribution >= 0.6 is 11.8 Å². The van der Waals surface area contributed by atoms with Crippen LogP contribution < -0.4 is 10.6 Å². The number of rotatable bonds is 6. The number of hydrogen-bond donors (Lipinski definition) is 2. The second-order valence-electron chi connectivity index (χ2n) is 2.86. The van der Waals surface area contributed by atoms with E-state index in [-0.39, 0.29) is 0 Å². The van der Waals surface area contributed by atoms with Crippen LogP contribution in [-0.2, 0) is 0 Å². The van der Waals surface area contributed by atoms with Crippen molar-refractivity contribution < 1.29 is 0 Å². The number of anilines is 2. The molecule has 3 nitrogen and oxygen atoms in total. The van der Waals surface area contributed by atoms with Crippen LogP contribution in [0.5, 0.6) is 0 Å². The Hall–Kier alpha value is -0.900. The first-order valence-corrected chi connectivity index (χ1v) is 6.20. The van der Waals surface area contributed by atoms with Crippen molar-refractivity contribution in [1.82, 2.24) is 4.98 Å². The largest absolute Gasteiger partial charge is 0.370 e. The summed E-state index contributed by atoms with van der Waals surface area (Å²) in [5, 5.41) is 6.45. The lowest BCUT2D eigenvalue weighted by Gasteiger charge is -2.06. The smallest absolute Gasteiger partial charge is 0.128 e. The van der Waals surface area contributed by atoms with Gasteiger partial charge in [0.15, 0.2) is 0 Å². The minimum atomic E-state index is 0.904. The lowest BCUT2D eigenvalue weighted by molar-refractivity contribution is 1.13. The maximum atomic E-state index is 4.40. The van der Waals surface area contributed by atoms with Gasteiger partial charge < -0.3 is 10.6 Å². The summed E-state index contributed by atoms with van der Waals surface area (Å²) >= 11 is 1.83. The molecule has 78 valence electrons. The fraction of sp³-hybridized carbons (Fsp3) is 0.500. The molecule has 1 heterocycles. The van der Waals surface area contributed by atoms with Gasteiger partial charge in [0.2, 0.25) is 0 Å². The quantitative estimate of drug-likeness (QED) is 0.708. The summed E-state index contributed by atoms with van der Waals surface area (Å²) in [7, 11) is 0. The Morgan fingerprint density at radius 2 is 2.00 bits per heavy atom. The third-order valence-electron chi connectivity index (χ3n) is 1.72. The normalized spacial score (nSPS) is 9.86. The number of nitrogens with zero attached hydrogens (tertiary/aromatic N) is 1. The summed E-state index contributed by atoms with van der Waals surface area (Å²) in [6.45, 7) is 3.93. The van der Waals surface area contributed by atoms with Crippen molar-refractivity contribution in [1.29, 1.82) is 0 Å². The van der Waals surface area contributed by atoms with E-state index < -0.39 is 0 Å². The van der Waals surface area contributed by atoms with Gasteiger partial charge in [0.1, 0.15) is 11.6 Å². The second-order valence-corrected chi connectivity index (χ2v) is 3.84. The predicted octanol–water partition coefficient (Wildman–Crippen LogP) is 2.29. The van der Waals surface area contributed by atoms with E-state index in [0.29, 0.717) is 0 Å². The van der Waals surface area contributed by atoms with Crippen LogP contribution in [0.1, 0.15) is 6.92 Å². The van der Waals surface area contributed by atoms with Crippen molar-refractivity contribution >= 4 is 23.4 Å². The van der Waals surface area contributed by atoms with Crippen LogP contribution in [0.2, 0.25) is 0 Å². The molecule has 0 aliphatic carbocycles. The molecule has 0 unspecified atom stereocenters. The molecule has 0 radical (unpaired) electrons. The lowest BCUT2D eigenvalue weighted by atomic mass is 10.4. The van der Waals surface area contributed by atoms with Gasteiger partial charge in [-0.25, -0.2) is 4.98 Å². The summed E-state index contributed by atoms with van der Waals surface area (Å²) in [5.41, 5.74) is 0. The molecule has 0 spiro atoms. The van der Waals surface area contributed by atoms with Crippen molar-refractivity contribution in [2.45, 2.75) is 6.92 Å². The third kappa shape index (κ3) is 3.87. The van der Waals surface area contributed by atoms with Gasteiger partial charge in [0, 0.05) is 18.8 Å². The molecular weight excluding hydrogens is 194 g/mol. The molecule has 1 rings (SSSR count). The third-order valence-corrected chi connectivity index (χ3v) is 2.33. The SMILES string of the molecule is CCNc1cccc(NCCSC)n1. The summed E-state index contributed by atoms with van der Waals surface area (Å²) < 4.78 is 0. The topological polar surface area (TPSA) is 37.0 Å². The van der Waals surface area contributed by atoms with Gasteiger partial charge in [-0.3, -0.25) is 0 Å². The van der Waals surface area contributed by atoms with E-state index in [1.54, 1.807) is 0 Å². The highest BCUT2D eigenvalue weighted by molar-refractivity contribution is 7.98. The Balaban J connectivity index is 2.46. The van der Waals surface area contributed by atoms with Crippen molar-refractivity contribution in [3.05, 3.63) is 18.2 Å². The first-order valence-electron chi connectivity index (χ1n) is 4.80. The zero-order chi connectivity index (χ0) is 10.2. The van der Waals surface area contributed by atoms with E-state index >= 15 is 0 Å². The molecule has 0 aliphatic heterocycles. The number of thioether (sulfide) groups is 1. The zero-order valence-electron chi connectivity index (χ0n) is 8.71. The average Bonchev–Trinajstić information content (AvgIpc) is 2.19. The molecule has 0 aliphatic rings. The Kier molecular flexibility index (Phi) is 5.22. The lowest BCUT2D eigenvalue weighted by Crippen LogP contribution is -2.07. The van der Waals surface area contributed by atoms with Crippen LogP contribution in [-0.4, -0.2) is 30.1 Å². The molecule has 1 aromatic heterocycles. The molecule has 0 saturated heterocycles. The van der Waals surface area contributed by atoms with E-state index in [0.717, 1.165) is 30.5 Å². The van der Waals surface area contributed by atoms with Crippen LogP contribution in [0.25, 0.3) is 0 Å². The van der Waals surface area contributed by atoms with E-state index in [4.69, 9.17) is 0 Å². The predicted molar refractivity (Wildman–Crippen MR) is 65.3 cm³/mol. The number of pyridine rings is 1. The molecule has 0 bridgehead atoms. The fourth-order valence-corrected chi connectivity index (χ4v) is 1.40. The minimum absolute atomic E-state index is 0.904. The Bertz CT molecular complexity index is 265. The molecule has 14 heavy (non-hydrogen) atoms. The van der Waals surface area contributed by atoms with Crippen LogP contribution in [0, 0.1) is 0 Å². The number of hydrogen-bond acceptors (Lipinski definition) is 4. The van der Waals surface area contributed by atoms with Gasteiger partial charge in [0.05, 0.1) is 0 Å². The van der Waals surface area contributed by atoms with E-state index in [1.165, 1.54) is 0 Å². The summed E-state index contributed by atoms with van der Waals surface area (Å²) in [5.74, 6) is 2.98. The van der Waals surface area contributed by atoms with Crippen LogP contribution in [0.3, 0.4) is 0 Å². The molecule has 0 saturated carbocycles. The maximum Gasteiger partial charge on any atom is 0.128 e. The van der Waals surface area contributed by atoms with E-state index in [9.17, 15) is 0 Å². The molecule has 1 aromatic rings. The first kappa shape index (κ1) is 11.2. The Morgan fingerprint density at radius 1 is 1.29 bits per heavy atom. The molecule has 0 atom stereocenters. The first-order chi connectivity index (χ1) is 6.86. The van der Waals surface area contributed by atoms with Crippen molar-refractivity contribution in [3.8, 4) is 0 Å². The average molecular weight is 211 g/mol. The van der Waals surface area contributed by atoms with E-state index in [2.05, 4.69) is 28.8 Å². The van der Waals surface area contributed by atoms with Crippen molar-refractivity contribution in [3.63, 3.8) is 0 Å². The summed E-state index contributed by atoms with van der Waals surface area (Å²) in [6.07, 6.45) is 2.10. The minimum Gasteiger partial charge on any atom is -0.370 e. The summed E-state index contributed by atoms with van der Waals surface area (Å²) in [4.78, 5) is 4.40. The van der Waals surface area contributed by atoms with Crippen LogP contribution in [0.4, 0.5) is 11.6 Å². The molecular formula is C10H17N3S. The van der Waals surface area contributed by atoms with Gasteiger partial charge in [-0.2, -0.15) is 11.8 Å². The maximum absolute atomic E-state index is 4.40. The standard InChI is InChI=1S/C10H17N3S/c1-3-11-9-5-4-6-10(13-9)12-7-8-14-2/h4-6H,3,7-8H2,1-2H3,(H2,11,12,13). The van der Waals surface area contributed by atoms with Gasteiger partial charge in [-0.1, -0.05) is 6.07 Å². The van der Waals surface area contributed by atoms with Gasteiger partial charge in [-0.05, 0) is 25.3 Å². The highest BCUT2D eigenvalue weighted by Crippen LogP contribution is 2.08. The fourth-order valence-electron chi connectivity index (χ4n) is 1.09. The zero-order valence-corrected chi connectivity index (χ0v) is 9.53. The van der Waals surface area contributed by atoms with Crippen LogP contribution in [0.15, 0.2) is 18.2 Å². The van der Waals surface area contributed by atoms with Crippen molar-refractivity contribution in [2.75, 3.05) is 35.7 Å². The van der Waals surface area contributed by atoms with Gasteiger partial charge >= 0.3 is 0 Å². The molecule has 2 N–H and O–H groups in total. The second kappa shape index (κ2) is 6.54. The van der Waals surface area contributed by atoms with Crippen molar-refractivity contribution in [2.24, 2.45) is 0 Å². The highest BCUT2D eigenvalue weighted by Gasteiger charge is 1.94. The Labute approximate surface area is 89.7 Å². The Morgan fingerprint density at radius 3 is 2.64 bits per heavy atom. The molecule has 0 amide bonds. The monoisotopic (exact) mass is 211 g/mol. The highest BCUT2D eigenvalue weighted by atomic mass is 32.2. The summed E-state index contributed by atoms with van der Waals surface area (Å²) in [6, 6.07) is 5.97. The van der Waals surface area contributed by atoms with E-state index in [1.807, 2.05) is 30.0 Å². The van der Waals surface area contributed by atoms with Gasteiger partial charge in [-0.15, -0.1) is 0 Å². The number of nitrogens with one attached hydrogen (secondary N) is 2. The molecule has 0 aromatic carbocycles. The van der Waals surface area contributed by atoms with Gasteiger partial charge in [0.25, 0.3) is 0 Å². The molecule has 4 heteroatoms. The number of aromatic nitrogens is 1. The molecule has 0 fully saturated rings.